The summed E-state index contributed by atoms with van der Waals surface area (Å²) >= 11 is 0. The molecule has 0 bridgehead atoms. The Morgan fingerprint density at radius 3 is 2.35 bits per heavy atom. The lowest BCUT2D eigenvalue weighted by molar-refractivity contribution is -0.139. The normalized spacial score (nSPS) is 10.5. The van der Waals surface area contributed by atoms with E-state index in [-0.39, 0.29) is 18.6 Å². The molecule has 2 aromatic carbocycles. The summed E-state index contributed by atoms with van der Waals surface area (Å²) in [6.45, 7) is 3.86. The van der Waals surface area contributed by atoms with Gasteiger partial charge in [-0.15, -0.1) is 0 Å². The van der Waals surface area contributed by atoms with Crippen LogP contribution in [0.2, 0.25) is 0 Å². The number of rotatable bonds is 8. The smallest absolute Gasteiger partial charge is 0.341 e. The molecule has 0 heterocycles. The van der Waals surface area contributed by atoms with Gasteiger partial charge in [0.1, 0.15) is 11.5 Å². The summed E-state index contributed by atoms with van der Waals surface area (Å²) in [7, 11) is 1.73. The number of para-hydroxylation sites is 1. The van der Waals surface area contributed by atoms with E-state index in [9.17, 15) is 9.59 Å². The van der Waals surface area contributed by atoms with E-state index in [4.69, 9.17) is 14.6 Å². The van der Waals surface area contributed by atoms with E-state index in [0.717, 1.165) is 5.56 Å². The fourth-order valence-electron chi connectivity index (χ4n) is 2.39. The zero-order valence-electron chi connectivity index (χ0n) is 15.1. The van der Waals surface area contributed by atoms with E-state index in [1.54, 1.807) is 48.3 Å². The van der Waals surface area contributed by atoms with Gasteiger partial charge in [-0.05, 0) is 43.7 Å². The van der Waals surface area contributed by atoms with Gasteiger partial charge in [0.05, 0.1) is 11.7 Å². The number of aliphatic carboxylic acids is 1. The van der Waals surface area contributed by atoms with Crippen molar-refractivity contribution in [2.24, 2.45) is 0 Å². The third-order valence-corrected chi connectivity index (χ3v) is 3.53. The number of amides is 1. The fraction of sp³-hybridized carbons (Fsp3) is 0.300. The second-order valence-corrected chi connectivity index (χ2v) is 6.15. The number of nitrogens with zero attached hydrogens (tertiary/aromatic N) is 1. The maximum atomic E-state index is 12.8. The summed E-state index contributed by atoms with van der Waals surface area (Å²) in [5.41, 5.74) is 1.43. The number of hydrogen-bond donors (Lipinski definition) is 1. The molecule has 26 heavy (non-hydrogen) atoms. The van der Waals surface area contributed by atoms with Crippen LogP contribution in [0.25, 0.3) is 0 Å². The molecule has 0 aliphatic carbocycles. The van der Waals surface area contributed by atoms with Crippen LogP contribution in [0.1, 0.15) is 29.8 Å². The molecule has 0 saturated carbocycles. The van der Waals surface area contributed by atoms with Crippen molar-refractivity contribution in [1.29, 1.82) is 0 Å². The molecule has 0 spiro atoms. The lowest BCUT2D eigenvalue weighted by Gasteiger charge is -2.20. The molecule has 0 atom stereocenters. The number of carboxylic acids is 1. The molecule has 6 nitrogen and oxygen atoms in total. The number of carbonyl (C=O) groups excluding carboxylic acids is 1. The van der Waals surface area contributed by atoms with Gasteiger partial charge in [-0.25, -0.2) is 4.79 Å². The molecule has 6 heteroatoms. The Balaban J connectivity index is 2.04. The molecule has 2 rings (SSSR count). The summed E-state index contributed by atoms with van der Waals surface area (Å²) in [6, 6.07) is 14.2. The molecule has 138 valence electrons. The van der Waals surface area contributed by atoms with Crippen molar-refractivity contribution in [2.75, 3.05) is 13.7 Å². The van der Waals surface area contributed by atoms with Crippen LogP contribution in [-0.2, 0) is 11.3 Å². The first-order chi connectivity index (χ1) is 12.4. The van der Waals surface area contributed by atoms with E-state index in [1.165, 1.54) is 0 Å². The Labute approximate surface area is 153 Å². The van der Waals surface area contributed by atoms with Crippen molar-refractivity contribution in [1.82, 2.24) is 4.90 Å². The number of carbonyl (C=O) groups is 2. The van der Waals surface area contributed by atoms with Crippen LogP contribution in [0.4, 0.5) is 0 Å². The topological polar surface area (TPSA) is 76.1 Å². The van der Waals surface area contributed by atoms with Gasteiger partial charge in [0.15, 0.2) is 6.61 Å². The number of carboxylic acid groups (broad SMARTS) is 1. The molecule has 2 aromatic rings. The number of benzene rings is 2. The molecule has 0 fully saturated rings. The summed E-state index contributed by atoms with van der Waals surface area (Å²) < 4.78 is 10.8. The molecule has 0 aliphatic rings. The first-order valence-corrected chi connectivity index (χ1v) is 8.31. The van der Waals surface area contributed by atoms with Crippen LogP contribution in [-0.4, -0.2) is 41.6 Å². The van der Waals surface area contributed by atoms with Crippen molar-refractivity contribution in [3.05, 3.63) is 59.7 Å². The highest BCUT2D eigenvalue weighted by Crippen LogP contribution is 2.22. The fourth-order valence-corrected chi connectivity index (χ4v) is 2.39. The van der Waals surface area contributed by atoms with Gasteiger partial charge in [-0.1, -0.05) is 24.3 Å². The van der Waals surface area contributed by atoms with Gasteiger partial charge >= 0.3 is 5.97 Å². The second kappa shape index (κ2) is 8.89. The molecule has 0 radical (unpaired) electrons. The average Bonchev–Trinajstić information content (AvgIpc) is 2.60. The zero-order valence-corrected chi connectivity index (χ0v) is 15.1. The highest BCUT2D eigenvalue weighted by molar-refractivity contribution is 5.96. The van der Waals surface area contributed by atoms with E-state index in [1.807, 2.05) is 26.0 Å². The maximum absolute atomic E-state index is 12.8. The summed E-state index contributed by atoms with van der Waals surface area (Å²) in [5, 5.41) is 8.62. The third-order valence-electron chi connectivity index (χ3n) is 3.53. The van der Waals surface area contributed by atoms with Crippen molar-refractivity contribution >= 4 is 11.9 Å². The van der Waals surface area contributed by atoms with Gasteiger partial charge in [0.2, 0.25) is 0 Å². The minimum Gasteiger partial charge on any atom is -0.490 e. The van der Waals surface area contributed by atoms with Crippen molar-refractivity contribution in [3.63, 3.8) is 0 Å². The highest BCUT2D eigenvalue weighted by Gasteiger charge is 2.17. The van der Waals surface area contributed by atoms with Crippen LogP contribution in [0.5, 0.6) is 11.5 Å². The predicted molar refractivity (Wildman–Crippen MR) is 97.6 cm³/mol. The Kier molecular flexibility index (Phi) is 6.60. The summed E-state index contributed by atoms with van der Waals surface area (Å²) in [5.74, 6) is -0.119. The lowest BCUT2D eigenvalue weighted by atomic mass is 10.1. The Morgan fingerprint density at radius 2 is 1.73 bits per heavy atom. The molecule has 1 amide bonds. The minimum atomic E-state index is -1.03. The predicted octanol–water partition coefficient (Wildman–Crippen LogP) is 3.21. The first-order valence-electron chi connectivity index (χ1n) is 8.31. The average molecular weight is 357 g/mol. The van der Waals surface area contributed by atoms with Crippen LogP contribution >= 0.6 is 0 Å². The van der Waals surface area contributed by atoms with E-state index < -0.39 is 5.97 Å². The molecule has 0 aliphatic heterocycles. The Hall–Kier alpha value is -3.02. The minimum absolute atomic E-state index is 0.0207. The molecular weight excluding hydrogens is 334 g/mol. The van der Waals surface area contributed by atoms with Crippen molar-refractivity contribution in [3.8, 4) is 11.5 Å². The standard InChI is InChI=1S/C20H23NO5/c1-14(2)26-18-7-5-4-6-17(18)20(24)21(3)12-15-8-10-16(11-9-15)25-13-19(22)23/h4-11,14H,12-13H2,1-3H3,(H,22,23). The van der Waals surface area contributed by atoms with Crippen LogP contribution < -0.4 is 9.47 Å². The van der Waals surface area contributed by atoms with Gasteiger partial charge in [-0.3, -0.25) is 4.79 Å². The summed E-state index contributed by atoms with van der Waals surface area (Å²) in [4.78, 5) is 24.9. The molecule has 0 saturated heterocycles. The van der Waals surface area contributed by atoms with Gasteiger partial charge in [0, 0.05) is 13.6 Å². The van der Waals surface area contributed by atoms with Crippen LogP contribution in [0.15, 0.2) is 48.5 Å². The van der Waals surface area contributed by atoms with Gasteiger partial charge in [0.25, 0.3) is 5.91 Å². The van der Waals surface area contributed by atoms with Crippen LogP contribution in [0.3, 0.4) is 0 Å². The molecule has 0 aromatic heterocycles. The van der Waals surface area contributed by atoms with Crippen molar-refractivity contribution in [2.45, 2.75) is 26.5 Å². The Bertz CT molecular complexity index is 755. The molecule has 1 N–H and O–H groups in total. The van der Waals surface area contributed by atoms with Crippen LogP contribution in [0, 0.1) is 0 Å². The highest BCUT2D eigenvalue weighted by atomic mass is 16.5. The first kappa shape index (κ1) is 19.3. The SMILES string of the molecule is CC(C)Oc1ccccc1C(=O)N(C)Cc1ccc(OCC(=O)O)cc1. The third kappa shape index (κ3) is 5.51. The lowest BCUT2D eigenvalue weighted by Crippen LogP contribution is -2.27. The molecule has 0 unspecified atom stereocenters. The van der Waals surface area contributed by atoms with Gasteiger partial charge in [-0.2, -0.15) is 0 Å². The van der Waals surface area contributed by atoms with Gasteiger partial charge < -0.3 is 19.5 Å². The van der Waals surface area contributed by atoms with E-state index in [0.29, 0.717) is 23.6 Å². The molecular formula is C20H23NO5. The quantitative estimate of drug-likeness (QED) is 0.785. The monoisotopic (exact) mass is 357 g/mol. The zero-order chi connectivity index (χ0) is 19.1. The number of hydrogen-bond acceptors (Lipinski definition) is 4. The van der Waals surface area contributed by atoms with Crippen molar-refractivity contribution < 1.29 is 24.2 Å². The maximum Gasteiger partial charge on any atom is 0.341 e. The largest absolute Gasteiger partial charge is 0.490 e. The van der Waals surface area contributed by atoms with E-state index in [2.05, 4.69) is 0 Å². The Morgan fingerprint density at radius 1 is 1.08 bits per heavy atom. The second-order valence-electron chi connectivity index (χ2n) is 6.15. The summed E-state index contributed by atoms with van der Waals surface area (Å²) in [6.07, 6.45) is -0.0207. The van der Waals surface area contributed by atoms with E-state index >= 15 is 0 Å². The number of ether oxygens (including phenoxy) is 2.